The van der Waals surface area contributed by atoms with Crippen LogP contribution < -0.4 is 5.32 Å². The Morgan fingerprint density at radius 3 is 2.92 bits per heavy atom. The Labute approximate surface area is 80.5 Å². The van der Waals surface area contributed by atoms with Crippen molar-refractivity contribution in [2.24, 2.45) is 5.92 Å². The van der Waals surface area contributed by atoms with Crippen LogP contribution in [0.1, 0.15) is 25.7 Å². The summed E-state index contributed by atoms with van der Waals surface area (Å²) in [7, 11) is 0. The van der Waals surface area contributed by atoms with Crippen molar-refractivity contribution < 1.29 is 9.84 Å². The molecule has 3 heteroatoms. The topological polar surface area (TPSA) is 41.5 Å². The van der Waals surface area contributed by atoms with Crippen molar-refractivity contribution in [1.82, 2.24) is 5.32 Å². The van der Waals surface area contributed by atoms with Gasteiger partial charge < -0.3 is 15.2 Å². The third-order valence-electron chi connectivity index (χ3n) is 2.46. The normalized spacial score (nSPS) is 22.4. The van der Waals surface area contributed by atoms with Gasteiger partial charge in [0.1, 0.15) is 0 Å². The van der Waals surface area contributed by atoms with Crippen LogP contribution in [0.2, 0.25) is 0 Å². The first-order chi connectivity index (χ1) is 6.43. The second-order valence-corrected chi connectivity index (χ2v) is 3.72. The Morgan fingerprint density at radius 1 is 1.31 bits per heavy atom. The Balaban J connectivity index is 1.78. The SMILES string of the molecule is OCCCCCOCC1CCNC1. The minimum atomic E-state index is 0.312. The van der Waals surface area contributed by atoms with Crippen LogP contribution in [0, 0.1) is 5.92 Å². The second-order valence-electron chi connectivity index (χ2n) is 3.72. The van der Waals surface area contributed by atoms with E-state index in [9.17, 15) is 0 Å². The van der Waals surface area contributed by atoms with E-state index in [2.05, 4.69) is 5.32 Å². The van der Waals surface area contributed by atoms with Crippen LogP contribution in [0.3, 0.4) is 0 Å². The van der Waals surface area contributed by atoms with E-state index in [-0.39, 0.29) is 0 Å². The maximum Gasteiger partial charge on any atom is 0.0506 e. The molecule has 1 atom stereocenters. The number of ether oxygens (including phenoxy) is 1. The highest BCUT2D eigenvalue weighted by atomic mass is 16.5. The van der Waals surface area contributed by atoms with E-state index in [1.165, 1.54) is 6.42 Å². The van der Waals surface area contributed by atoms with E-state index in [1.807, 2.05) is 0 Å². The third kappa shape index (κ3) is 5.24. The van der Waals surface area contributed by atoms with E-state index in [0.717, 1.165) is 51.5 Å². The van der Waals surface area contributed by atoms with Gasteiger partial charge in [0.15, 0.2) is 0 Å². The predicted molar refractivity (Wildman–Crippen MR) is 52.7 cm³/mol. The van der Waals surface area contributed by atoms with Gasteiger partial charge in [-0.1, -0.05) is 0 Å². The highest BCUT2D eigenvalue weighted by Gasteiger charge is 2.13. The van der Waals surface area contributed by atoms with Crippen LogP contribution in [0.4, 0.5) is 0 Å². The molecule has 0 amide bonds. The molecule has 0 aromatic carbocycles. The van der Waals surface area contributed by atoms with Crippen LogP contribution in [0.5, 0.6) is 0 Å². The van der Waals surface area contributed by atoms with Gasteiger partial charge in [0, 0.05) is 19.8 Å². The molecule has 0 saturated carbocycles. The van der Waals surface area contributed by atoms with Gasteiger partial charge in [0.2, 0.25) is 0 Å². The smallest absolute Gasteiger partial charge is 0.0506 e. The van der Waals surface area contributed by atoms with Crippen molar-refractivity contribution in [3.63, 3.8) is 0 Å². The molecular weight excluding hydrogens is 166 g/mol. The lowest BCUT2D eigenvalue weighted by molar-refractivity contribution is 0.101. The van der Waals surface area contributed by atoms with E-state index in [0.29, 0.717) is 6.61 Å². The summed E-state index contributed by atoms with van der Waals surface area (Å²) in [6, 6.07) is 0. The fourth-order valence-electron chi connectivity index (χ4n) is 1.60. The van der Waals surface area contributed by atoms with E-state index in [4.69, 9.17) is 9.84 Å². The Hall–Kier alpha value is -0.120. The van der Waals surface area contributed by atoms with E-state index in [1.54, 1.807) is 0 Å². The molecule has 1 heterocycles. The first kappa shape index (κ1) is 11.0. The molecule has 1 unspecified atom stereocenters. The van der Waals surface area contributed by atoms with Gasteiger partial charge in [-0.15, -0.1) is 0 Å². The minimum Gasteiger partial charge on any atom is -0.396 e. The summed E-state index contributed by atoms with van der Waals surface area (Å²) in [4.78, 5) is 0. The lowest BCUT2D eigenvalue weighted by atomic mass is 10.1. The lowest BCUT2D eigenvalue weighted by Crippen LogP contribution is -2.14. The van der Waals surface area contributed by atoms with Crippen LogP contribution >= 0.6 is 0 Å². The Bertz CT molecular complexity index is 113. The summed E-state index contributed by atoms with van der Waals surface area (Å²) in [6.07, 6.45) is 4.34. The van der Waals surface area contributed by atoms with Gasteiger partial charge in [-0.25, -0.2) is 0 Å². The molecule has 0 aromatic heterocycles. The molecule has 1 aliphatic rings. The molecule has 0 radical (unpaired) electrons. The van der Waals surface area contributed by atoms with Crippen LogP contribution in [0.15, 0.2) is 0 Å². The van der Waals surface area contributed by atoms with E-state index >= 15 is 0 Å². The second kappa shape index (κ2) is 7.30. The fraction of sp³-hybridized carbons (Fsp3) is 1.00. The molecule has 1 fully saturated rings. The van der Waals surface area contributed by atoms with Gasteiger partial charge in [0.05, 0.1) is 6.61 Å². The summed E-state index contributed by atoms with van der Waals surface area (Å²) >= 11 is 0. The zero-order valence-electron chi connectivity index (χ0n) is 8.30. The summed E-state index contributed by atoms with van der Waals surface area (Å²) < 4.78 is 5.54. The zero-order chi connectivity index (χ0) is 9.36. The van der Waals surface area contributed by atoms with Gasteiger partial charge in [0.25, 0.3) is 0 Å². The van der Waals surface area contributed by atoms with Crippen LogP contribution in [0.25, 0.3) is 0 Å². The molecular formula is C10H21NO2. The Kier molecular flexibility index (Phi) is 6.15. The number of rotatable bonds is 7. The quantitative estimate of drug-likeness (QED) is 0.579. The first-order valence-electron chi connectivity index (χ1n) is 5.33. The molecule has 78 valence electrons. The largest absolute Gasteiger partial charge is 0.396 e. The van der Waals surface area contributed by atoms with Crippen LogP contribution in [-0.4, -0.2) is 38.0 Å². The van der Waals surface area contributed by atoms with Gasteiger partial charge in [-0.05, 0) is 38.1 Å². The average molecular weight is 187 g/mol. The van der Waals surface area contributed by atoms with Crippen molar-refractivity contribution in [2.75, 3.05) is 32.9 Å². The number of hydrogen-bond donors (Lipinski definition) is 2. The Morgan fingerprint density at radius 2 is 2.23 bits per heavy atom. The van der Waals surface area contributed by atoms with Gasteiger partial charge in [-0.3, -0.25) is 0 Å². The number of unbranched alkanes of at least 4 members (excludes halogenated alkanes) is 2. The highest BCUT2D eigenvalue weighted by molar-refractivity contribution is 4.70. The first-order valence-corrected chi connectivity index (χ1v) is 5.33. The van der Waals surface area contributed by atoms with Crippen molar-refractivity contribution in [3.8, 4) is 0 Å². The standard InChI is InChI=1S/C10H21NO2/c12-6-2-1-3-7-13-9-10-4-5-11-8-10/h10-12H,1-9H2. The van der Waals surface area contributed by atoms with Gasteiger partial charge >= 0.3 is 0 Å². The fourth-order valence-corrected chi connectivity index (χ4v) is 1.60. The lowest BCUT2D eigenvalue weighted by Gasteiger charge is -2.08. The van der Waals surface area contributed by atoms with Crippen molar-refractivity contribution >= 4 is 0 Å². The summed E-state index contributed by atoms with van der Waals surface area (Å²) in [5, 5.41) is 11.9. The number of aliphatic hydroxyl groups is 1. The number of aliphatic hydroxyl groups excluding tert-OH is 1. The van der Waals surface area contributed by atoms with Gasteiger partial charge in [-0.2, -0.15) is 0 Å². The maximum atomic E-state index is 8.55. The molecule has 1 aliphatic heterocycles. The summed E-state index contributed by atoms with van der Waals surface area (Å²) in [5.41, 5.74) is 0. The molecule has 2 N–H and O–H groups in total. The van der Waals surface area contributed by atoms with Crippen molar-refractivity contribution in [1.29, 1.82) is 0 Å². The molecule has 0 aromatic rings. The predicted octanol–water partition coefficient (Wildman–Crippen LogP) is 0.775. The van der Waals surface area contributed by atoms with Crippen molar-refractivity contribution in [2.45, 2.75) is 25.7 Å². The summed E-state index contributed by atoms with van der Waals surface area (Å²) in [6.45, 7) is 4.35. The molecule has 0 spiro atoms. The molecule has 13 heavy (non-hydrogen) atoms. The molecule has 0 bridgehead atoms. The summed E-state index contributed by atoms with van der Waals surface area (Å²) in [5.74, 6) is 0.734. The zero-order valence-corrected chi connectivity index (χ0v) is 8.30. The number of nitrogens with one attached hydrogen (secondary N) is 1. The maximum absolute atomic E-state index is 8.55. The highest BCUT2D eigenvalue weighted by Crippen LogP contribution is 2.07. The molecule has 3 nitrogen and oxygen atoms in total. The monoisotopic (exact) mass is 187 g/mol. The molecule has 1 saturated heterocycles. The number of hydrogen-bond acceptors (Lipinski definition) is 3. The van der Waals surface area contributed by atoms with E-state index < -0.39 is 0 Å². The van der Waals surface area contributed by atoms with Crippen LogP contribution in [-0.2, 0) is 4.74 Å². The van der Waals surface area contributed by atoms with Crippen molar-refractivity contribution in [3.05, 3.63) is 0 Å². The average Bonchev–Trinajstić information content (AvgIpc) is 2.63. The minimum absolute atomic E-state index is 0.312. The molecule has 1 rings (SSSR count). The molecule has 0 aliphatic carbocycles. The third-order valence-corrected chi connectivity index (χ3v) is 2.46.